The minimum Gasteiger partial charge on any atom is -0.554 e. The Kier molecular flexibility index (Phi) is 9.36. The van der Waals surface area contributed by atoms with Crippen LogP contribution in [-0.4, -0.2) is 11.5 Å². The van der Waals surface area contributed by atoms with E-state index >= 15 is 0 Å². The summed E-state index contributed by atoms with van der Waals surface area (Å²) in [5.41, 5.74) is 0. The molecule has 0 radical (unpaired) electrons. The first-order valence-electron chi connectivity index (χ1n) is 5.89. The van der Waals surface area contributed by atoms with E-state index in [-0.39, 0.29) is 0 Å². The van der Waals surface area contributed by atoms with Crippen LogP contribution in [-0.2, 0) is 4.79 Å². The molecule has 92 valence electrons. The highest BCUT2D eigenvalue weighted by molar-refractivity contribution is 5.29. The molecule has 0 spiro atoms. The molecule has 0 amide bonds. The Labute approximate surface area is 97.3 Å². The van der Waals surface area contributed by atoms with Gasteiger partial charge in [0.2, 0.25) is 6.33 Å². The fourth-order valence-electron chi connectivity index (χ4n) is 1.74. The van der Waals surface area contributed by atoms with Gasteiger partial charge in [-0.05, 0) is 19.3 Å². The lowest BCUT2D eigenvalue weighted by molar-refractivity contribution is -0.723. The van der Waals surface area contributed by atoms with Crippen molar-refractivity contribution in [3.05, 3.63) is 18.7 Å². The fraction of sp³-hybridized carbons (Fsp3) is 0.667. The molecule has 0 fully saturated rings. The van der Waals surface area contributed by atoms with Crippen LogP contribution in [0.2, 0.25) is 0 Å². The lowest BCUT2D eigenvalue weighted by atomic mass is 10.1. The second kappa shape index (κ2) is 10.2. The zero-order chi connectivity index (χ0) is 12.2. The molecule has 0 saturated heterocycles. The number of imidazole rings is 1. The number of nitrogens with one attached hydrogen (secondary N) is 1. The van der Waals surface area contributed by atoms with E-state index in [2.05, 4.69) is 35.9 Å². The molecular weight excluding hydrogens is 204 g/mol. The second-order valence-electron chi connectivity index (χ2n) is 3.74. The van der Waals surface area contributed by atoms with E-state index < -0.39 is 6.47 Å². The molecule has 4 heteroatoms. The lowest BCUT2D eigenvalue weighted by Crippen LogP contribution is -2.36. The number of H-pyrrole nitrogens is 1. The number of aromatic amines is 1. The van der Waals surface area contributed by atoms with Crippen LogP contribution >= 0.6 is 0 Å². The Balaban J connectivity index is 0.000000673. The molecule has 0 bridgehead atoms. The maximum atomic E-state index is 8.25. The predicted molar refractivity (Wildman–Crippen MR) is 60.5 cm³/mol. The lowest BCUT2D eigenvalue weighted by Gasteiger charge is -2.11. The van der Waals surface area contributed by atoms with Gasteiger partial charge in [-0.3, -0.25) is 4.98 Å². The van der Waals surface area contributed by atoms with Crippen LogP contribution in [0.5, 0.6) is 0 Å². The van der Waals surface area contributed by atoms with E-state index in [4.69, 9.17) is 9.90 Å². The zero-order valence-electron chi connectivity index (χ0n) is 10.2. The molecule has 1 unspecified atom stereocenters. The van der Waals surface area contributed by atoms with Gasteiger partial charge in [0, 0.05) is 6.47 Å². The van der Waals surface area contributed by atoms with E-state index in [0.717, 1.165) is 0 Å². The van der Waals surface area contributed by atoms with Crippen molar-refractivity contribution in [1.29, 1.82) is 0 Å². The monoisotopic (exact) mass is 226 g/mol. The van der Waals surface area contributed by atoms with Gasteiger partial charge in [-0.1, -0.05) is 26.7 Å². The third-order valence-corrected chi connectivity index (χ3v) is 2.50. The van der Waals surface area contributed by atoms with Gasteiger partial charge in [0.1, 0.15) is 18.4 Å². The molecule has 4 nitrogen and oxygen atoms in total. The smallest absolute Gasteiger partial charge is 0.241 e. The van der Waals surface area contributed by atoms with Crippen LogP contribution in [0.3, 0.4) is 0 Å². The highest BCUT2D eigenvalue weighted by atomic mass is 16.3. The number of carboxylic acid groups (broad SMARTS) is 1. The number of rotatable bonds is 6. The van der Waals surface area contributed by atoms with Crippen molar-refractivity contribution in [2.75, 3.05) is 0 Å². The predicted octanol–water partition coefficient (Wildman–Crippen LogP) is 1.20. The summed E-state index contributed by atoms with van der Waals surface area (Å²) in [6.45, 7) is 4.01. The summed E-state index contributed by atoms with van der Waals surface area (Å²) in [7, 11) is 0. The van der Waals surface area contributed by atoms with Crippen LogP contribution in [0.1, 0.15) is 52.0 Å². The highest BCUT2D eigenvalue weighted by Crippen LogP contribution is 2.13. The molecule has 0 aliphatic carbocycles. The Bertz CT molecular complexity index is 248. The van der Waals surface area contributed by atoms with E-state index in [1.165, 1.54) is 32.1 Å². The Morgan fingerprint density at radius 3 is 2.50 bits per heavy atom. The van der Waals surface area contributed by atoms with E-state index in [1.54, 1.807) is 0 Å². The first-order chi connectivity index (χ1) is 7.79. The molecule has 0 aliphatic heterocycles. The molecule has 1 heterocycles. The third kappa shape index (κ3) is 6.22. The van der Waals surface area contributed by atoms with Gasteiger partial charge < -0.3 is 9.90 Å². The molecule has 1 N–H and O–H groups in total. The molecule has 1 atom stereocenters. The van der Waals surface area contributed by atoms with Gasteiger partial charge in [-0.15, -0.1) is 0 Å². The van der Waals surface area contributed by atoms with Crippen LogP contribution in [0.25, 0.3) is 0 Å². The van der Waals surface area contributed by atoms with E-state index in [9.17, 15) is 0 Å². The zero-order valence-corrected chi connectivity index (χ0v) is 10.2. The number of hydrogen-bond donors (Lipinski definition) is 1. The maximum Gasteiger partial charge on any atom is 0.241 e. The van der Waals surface area contributed by atoms with E-state index in [0.29, 0.717) is 6.04 Å². The summed E-state index contributed by atoms with van der Waals surface area (Å²) in [5, 5.41) is 8.25. The van der Waals surface area contributed by atoms with Gasteiger partial charge in [-0.25, -0.2) is 4.57 Å². The number of hydrogen-bond acceptors (Lipinski definition) is 2. The molecule has 0 saturated carbocycles. The van der Waals surface area contributed by atoms with Crippen molar-refractivity contribution >= 4 is 6.47 Å². The molecule has 1 aromatic rings. The minimum absolute atomic E-state index is 0.500. The van der Waals surface area contributed by atoms with Gasteiger partial charge >= 0.3 is 0 Å². The van der Waals surface area contributed by atoms with Crippen molar-refractivity contribution in [1.82, 2.24) is 4.98 Å². The maximum absolute atomic E-state index is 8.25. The SMILES string of the molecule is CCCCC(CCC)[n+]1cc[nH]c1.O=C[O-]. The van der Waals surface area contributed by atoms with E-state index in [1.807, 2.05) is 6.20 Å². The van der Waals surface area contributed by atoms with Crippen molar-refractivity contribution in [3.8, 4) is 0 Å². The number of aromatic nitrogens is 2. The van der Waals surface area contributed by atoms with Crippen molar-refractivity contribution in [3.63, 3.8) is 0 Å². The van der Waals surface area contributed by atoms with Gasteiger partial charge in [0.05, 0.1) is 0 Å². The minimum atomic E-state index is -0.500. The van der Waals surface area contributed by atoms with Gasteiger partial charge in [0.25, 0.3) is 0 Å². The number of carbonyl (C=O) groups is 1. The number of nitrogens with zero attached hydrogens (tertiary/aromatic N) is 1. The van der Waals surface area contributed by atoms with Crippen molar-refractivity contribution in [2.24, 2.45) is 0 Å². The summed E-state index contributed by atoms with van der Waals surface area (Å²) in [6.07, 6.45) is 12.7. The summed E-state index contributed by atoms with van der Waals surface area (Å²) in [4.78, 5) is 11.4. The van der Waals surface area contributed by atoms with Crippen LogP contribution in [0.4, 0.5) is 0 Å². The van der Waals surface area contributed by atoms with Crippen molar-refractivity contribution in [2.45, 2.75) is 52.0 Å². The van der Waals surface area contributed by atoms with Crippen LogP contribution < -0.4 is 9.67 Å². The largest absolute Gasteiger partial charge is 0.554 e. The number of carbonyl (C=O) groups excluding carboxylic acids is 1. The van der Waals surface area contributed by atoms with Crippen molar-refractivity contribution < 1.29 is 14.5 Å². The summed E-state index contributed by atoms with van der Waals surface area (Å²) in [6, 6.07) is 0.705. The first-order valence-corrected chi connectivity index (χ1v) is 5.89. The average molecular weight is 226 g/mol. The topological polar surface area (TPSA) is 59.8 Å². The molecular formula is C12H22N2O2. The number of unbranched alkanes of at least 4 members (excludes halogenated alkanes) is 1. The van der Waals surface area contributed by atoms with Crippen LogP contribution in [0, 0.1) is 0 Å². The second-order valence-corrected chi connectivity index (χ2v) is 3.74. The van der Waals surface area contributed by atoms with Gasteiger partial charge in [-0.2, -0.15) is 0 Å². The van der Waals surface area contributed by atoms with Gasteiger partial charge in [0.15, 0.2) is 0 Å². The molecule has 1 rings (SSSR count). The Morgan fingerprint density at radius 1 is 1.38 bits per heavy atom. The normalized spacial score (nSPS) is 11.4. The van der Waals surface area contributed by atoms with Crippen LogP contribution in [0.15, 0.2) is 18.7 Å². The summed E-state index contributed by atoms with van der Waals surface area (Å²) in [5.74, 6) is 0. The molecule has 16 heavy (non-hydrogen) atoms. The molecule has 0 aromatic carbocycles. The Morgan fingerprint density at radius 2 is 2.06 bits per heavy atom. The molecule has 0 aliphatic rings. The summed E-state index contributed by atoms with van der Waals surface area (Å²) < 4.78 is 2.30. The Hall–Kier alpha value is -1.32. The standard InChI is InChI=1S/C11H20N2.CH2O2/c1-3-5-7-11(6-4-2)13-9-8-12-10-13;2-1-3/h8-11H,3-7H2,1-2H3;1H,(H,2,3). The first kappa shape index (κ1) is 14.7. The average Bonchev–Trinajstić information content (AvgIpc) is 2.78. The highest BCUT2D eigenvalue weighted by Gasteiger charge is 2.12. The third-order valence-electron chi connectivity index (χ3n) is 2.50. The summed E-state index contributed by atoms with van der Waals surface area (Å²) >= 11 is 0. The quantitative estimate of drug-likeness (QED) is 0.585. The molecule has 1 aromatic heterocycles. The fourth-order valence-corrected chi connectivity index (χ4v) is 1.74.